The zero-order valence-corrected chi connectivity index (χ0v) is 17.3. The lowest BCUT2D eigenvalue weighted by molar-refractivity contribution is 0.300. The van der Waals surface area contributed by atoms with Gasteiger partial charge in [-0.05, 0) is 49.2 Å². The Morgan fingerprint density at radius 2 is 1.21 bits per heavy atom. The summed E-state index contributed by atoms with van der Waals surface area (Å²) < 4.78 is 6.45. The van der Waals surface area contributed by atoms with Crippen LogP contribution in [-0.2, 0) is 4.43 Å². The fourth-order valence-electron chi connectivity index (χ4n) is 3.19. The van der Waals surface area contributed by atoms with Crippen LogP contribution in [0, 0.1) is 0 Å². The highest BCUT2D eigenvalue weighted by molar-refractivity contribution is 7.73. The SMILES string of the molecule is CC[Si](CC)(CC)OCCCP(c1ccccc1)c1ccccc1. The normalized spacial score (nSPS) is 11.8. The van der Waals surface area contributed by atoms with Gasteiger partial charge in [-0.1, -0.05) is 81.4 Å². The van der Waals surface area contributed by atoms with Gasteiger partial charge in [-0.15, -0.1) is 0 Å². The van der Waals surface area contributed by atoms with Gasteiger partial charge in [-0.2, -0.15) is 0 Å². The molecule has 0 bridgehead atoms. The van der Waals surface area contributed by atoms with E-state index in [4.69, 9.17) is 4.43 Å². The summed E-state index contributed by atoms with van der Waals surface area (Å²) in [6.45, 7) is 7.85. The maximum Gasteiger partial charge on any atom is 0.191 e. The molecule has 0 heterocycles. The van der Waals surface area contributed by atoms with Crippen LogP contribution in [0.2, 0.25) is 18.1 Å². The van der Waals surface area contributed by atoms with E-state index in [0.717, 1.165) is 13.0 Å². The van der Waals surface area contributed by atoms with Gasteiger partial charge in [0.05, 0.1) is 0 Å². The fourth-order valence-corrected chi connectivity index (χ4v) is 8.20. The van der Waals surface area contributed by atoms with Crippen LogP contribution < -0.4 is 10.6 Å². The maximum absolute atomic E-state index is 6.45. The molecule has 130 valence electrons. The molecular formula is C21H31OPSi. The molecule has 0 aliphatic rings. The first kappa shape index (κ1) is 19.4. The third-order valence-electron chi connectivity index (χ3n) is 5.00. The van der Waals surface area contributed by atoms with E-state index in [9.17, 15) is 0 Å². The van der Waals surface area contributed by atoms with Crippen LogP contribution >= 0.6 is 7.92 Å². The van der Waals surface area contributed by atoms with Gasteiger partial charge in [0.15, 0.2) is 8.32 Å². The third kappa shape index (κ3) is 5.27. The van der Waals surface area contributed by atoms with E-state index in [1.54, 1.807) is 0 Å². The maximum atomic E-state index is 6.45. The molecule has 0 aliphatic carbocycles. The molecule has 2 rings (SSSR count). The Balaban J connectivity index is 2.00. The van der Waals surface area contributed by atoms with E-state index in [1.165, 1.54) is 34.9 Å². The highest BCUT2D eigenvalue weighted by Crippen LogP contribution is 2.34. The highest BCUT2D eigenvalue weighted by atomic mass is 31.1. The topological polar surface area (TPSA) is 9.23 Å². The van der Waals surface area contributed by atoms with Crippen LogP contribution in [0.3, 0.4) is 0 Å². The van der Waals surface area contributed by atoms with Crippen LogP contribution in [0.1, 0.15) is 27.2 Å². The lowest BCUT2D eigenvalue weighted by Crippen LogP contribution is -2.36. The number of benzene rings is 2. The zero-order valence-electron chi connectivity index (χ0n) is 15.4. The molecule has 2 aromatic rings. The molecule has 0 unspecified atom stereocenters. The molecule has 0 aliphatic heterocycles. The fraction of sp³-hybridized carbons (Fsp3) is 0.429. The van der Waals surface area contributed by atoms with Crippen molar-refractivity contribution in [3.05, 3.63) is 60.7 Å². The van der Waals surface area contributed by atoms with E-state index >= 15 is 0 Å². The Morgan fingerprint density at radius 3 is 1.62 bits per heavy atom. The van der Waals surface area contributed by atoms with Crippen LogP contribution in [0.25, 0.3) is 0 Å². The third-order valence-corrected chi connectivity index (χ3v) is 12.3. The van der Waals surface area contributed by atoms with Gasteiger partial charge < -0.3 is 4.43 Å². The first-order valence-electron chi connectivity index (χ1n) is 9.26. The molecule has 0 saturated carbocycles. The summed E-state index contributed by atoms with van der Waals surface area (Å²) in [5.41, 5.74) is 0. The molecule has 0 radical (unpaired) electrons. The van der Waals surface area contributed by atoms with Crippen molar-refractivity contribution in [1.29, 1.82) is 0 Å². The molecule has 0 atom stereocenters. The summed E-state index contributed by atoms with van der Waals surface area (Å²) in [6.07, 6.45) is 2.37. The van der Waals surface area contributed by atoms with Crippen molar-refractivity contribution in [2.24, 2.45) is 0 Å². The van der Waals surface area contributed by atoms with Crippen LogP contribution in [-0.4, -0.2) is 21.1 Å². The van der Waals surface area contributed by atoms with E-state index < -0.39 is 8.32 Å². The lowest BCUT2D eigenvalue weighted by atomic mass is 10.4. The number of hydrogen-bond donors (Lipinski definition) is 0. The summed E-state index contributed by atoms with van der Waals surface area (Å²) in [6, 6.07) is 25.7. The van der Waals surface area contributed by atoms with Gasteiger partial charge in [0.25, 0.3) is 0 Å². The predicted octanol–water partition coefficient (Wildman–Crippen LogP) is 5.53. The zero-order chi connectivity index (χ0) is 17.3. The van der Waals surface area contributed by atoms with Crippen molar-refractivity contribution in [2.75, 3.05) is 12.8 Å². The summed E-state index contributed by atoms with van der Waals surface area (Å²) in [5, 5.41) is 2.95. The molecule has 3 heteroatoms. The Hall–Kier alpha value is -0.953. The Kier molecular flexibility index (Phi) is 8.18. The monoisotopic (exact) mass is 358 g/mol. The van der Waals surface area contributed by atoms with E-state index in [1.807, 2.05) is 0 Å². The summed E-state index contributed by atoms with van der Waals surface area (Å²) in [5.74, 6) is 0. The van der Waals surface area contributed by atoms with Gasteiger partial charge in [-0.25, -0.2) is 0 Å². The number of hydrogen-bond acceptors (Lipinski definition) is 1. The van der Waals surface area contributed by atoms with Crippen LogP contribution in [0.4, 0.5) is 0 Å². The molecule has 0 fully saturated rings. The van der Waals surface area contributed by atoms with Gasteiger partial charge in [-0.3, -0.25) is 0 Å². The molecule has 0 amide bonds. The van der Waals surface area contributed by atoms with E-state index in [2.05, 4.69) is 81.4 Å². The van der Waals surface area contributed by atoms with Crippen molar-refractivity contribution in [3.8, 4) is 0 Å². The number of rotatable bonds is 10. The standard InChI is InChI=1S/C21H31OPSi/c1-4-24(5-2,6-3)22-18-13-19-23(20-14-9-7-10-15-20)21-16-11-8-12-17-21/h7-12,14-17H,4-6,13,18-19H2,1-3H3. The first-order chi connectivity index (χ1) is 11.7. The summed E-state index contributed by atoms with van der Waals surface area (Å²) in [7, 11) is -1.72. The van der Waals surface area contributed by atoms with Crippen molar-refractivity contribution in [3.63, 3.8) is 0 Å². The Morgan fingerprint density at radius 1 is 0.750 bits per heavy atom. The molecule has 2 aromatic carbocycles. The smallest absolute Gasteiger partial charge is 0.191 e. The van der Waals surface area contributed by atoms with Crippen molar-refractivity contribution in [1.82, 2.24) is 0 Å². The van der Waals surface area contributed by atoms with E-state index in [-0.39, 0.29) is 7.92 Å². The average molecular weight is 359 g/mol. The molecule has 0 aromatic heterocycles. The minimum atomic E-state index is -1.44. The van der Waals surface area contributed by atoms with Crippen molar-refractivity contribution >= 4 is 26.8 Å². The highest BCUT2D eigenvalue weighted by Gasteiger charge is 2.28. The van der Waals surface area contributed by atoms with Crippen molar-refractivity contribution in [2.45, 2.75) is 45.3 Å². The molecule has 24 heavy (non-hydrogen) atoms. The lowest BCUT2D eigenvalue weighted by Gasteiger charge is -2.28. The van der Waals surface area contributed by atoms with Gasteiger partial charge in [0.2, 0.25) is 0 Å². The molecule has 0 N–H and O–H groups in total. The molecular weight excluding hydrogens is 327 g/mol. The largest absolute Gasteiger partial charge is 0.417 e. The Bertz CT molecular complexity index is 521. The average Bonchev–Trinajstić information content (AvgIpc) is 2.67. The second-order valence-corrected chi connectivity index (χ2v) is 13.4. The minimum Gasteiger partial charge on any atom is -0.417 e. The Labute approximate surface area is 150 Å². The predicted molar refractivity (Wildman–Crippen MR) is 112 cm³/mol. The first-order valence-corrected chi connectivity index (χ1v) is 13.3. The summed E-state index contributed by atoms with van der Waals surface area (Å²) >= 11 is 0. The molecule has 1 nitrogen and oxygen atoms in total. The van der Waals surface area contributed by atoms with Gasteiger partial charge >= 0.3 is 0 Å². The molecule has 0 saturated heterocycles. The molecule has 0 spiro atoms. The van der Waals surface area contributed by atoms with Crippen molar-refractivity contribution < 1.29 is 4.43 Å². The quantitative estimate of drug-likeness (QED) is 0.308. The minimum absolute atomic E-state index is 0.276. The van der Waals surface area contributed by atoms with Gasteiger partial charge in [0, 0.05) is 6.61 Å². The van der Waals surface area contributed by atoms with E-state index in [0.29, 0.717) is 0 Å². The second kappa shape index (κ2) is 10.1. The summed E-state index contributed by atoms with van der Waals surface area (Å²) in [4.78, 5) is 0. The van der Waals surface area contributed by atoms with Crippen LogP contribution in [0.5, 0.6) is 0 Å². The van der Waals surface area contributed by atoms with Crippen LogP contribution in [0.15, 0.2) is 60.7 Å². The van der Waals surface area contributed by atoms with Gasteiger partial charge in [0.1, 0.15) is 0 Å². The second-order valence-electron chi connectivity index (χ2n) is 6.27.